The number of pyridine rings is 1. The van der Waals surface area contributed by atoms with Gasteiger partial charge in [0.2, 0.25) is 0 Å². The monoisotopic (exact) mass is 251 g/mol. The lowest BCUT2D eigenvalue weighted by atomic mass is 9.94. The maximum atomic E-state index is 5.88. The highest BCUT2D eigenvalue weighted by molar-refractivity contribution is 6.29. The summed E-state index contributed by atoms with van der Waals surface area (Å²) in [5.74, 6) is 0.804. The van der Waals surface area contributed by atoms with Crippen molar-refractivity contribution in [3.8, 4) is 0 Å². The van der Waals surface area contributed by atoms with Gasteiger partial charge in [0.25, 0.3) is 0 Å². The third-order valence-corrected chi connectivity index (χ3v) is 4.24. The zero-order valence-electron chi connectivity index (χ0n) is 10.1. The van der Waals surface area contributed by atoms with Crippen LogP contribution in [-0.2, 0) is 0 Å². The molecule has 0 amide bonds. The highest BCUT2D eigenvalue weighted by atomic mass is 35.5. The molecule has 1 aromatic rings. The van der Waals surface area contributed by atoms with Crippen molar-refractivity contribution in [1.82, 2.24) is 9.88 Å². The number of halogens is 1. The van der Waals surface area contributed by atoms with Crippen molar-refractivity contribution in [1.29, 1.82) is 0 Å². The maximum Gasteiger partial charge on any atom is 0.129 e. The Kier molecular flexibility index (Phi) is 2.97. The molecule has 92 valence electrons. The molecule has 3 unspecified atom stereocenters. The van der Waals surface area contributed by atoms with E-state index in [1.807, 2.05) is 19.1 Å². The fraction of sp³-hybridized carbons (Fsp3) is 0.615. The molecule has 0 aliphatic carbocycles. The van der Waals surface area contributed by atoms with E-state index < -0.39 is 0 Å². The lowest BCUT2D eigenvalue weighted by Gasteiger charge is -2.32. The Morgan fingerprint density at radius 1 is 1.35 bits per heavy atom. The number of hydrogen-bond donors (Lipinski definition) is 1. The average Bonchev–Trinajstić information content (AvgIpc) is 2.69. The van der Waals surface area contributed by atoms with Gasteiger partial charge in [0.1, 0.15) is 5.15 Å². The van der Waals surface area contributed by atoms with Gasteiger partial charge in [0.05, 0.1) is 11.4 Å². The first-order chi connectivity index (χ1) is 8.22. The van der Waals surface area contributed by atoms with Crippen molar-refractivity contribution in [3.63, 3.8) is 0 Å². The lowest BCUT2D eigenvalue weighted by Crippen LogP contribution is -2.39. The summed E-state index contributed by atoms with van der Waals surface area (Å²) >= 11 is 5.88. The highest BCUT2D eigenvalue weighted by Gasteiger charge is 2.34. The number of anilines is 1. The molecule has 2 aliphatic heterocycles. The largest absolute Gasteiger partial charge is 0.380 e. The third kappa shape index (κ3) is 2.26. The van der Waals surface area contributed by atoms with Gasteiger partial charge < -0.3 is 10.2 Å². The van der Waals surface area contributed by atoms with E-state index in [2.05, 4.69) is 15.2 Å². The Hall–Kier alpha value is -0.800. The van der Waals surface area contributed by atoms with Crippen LogP contribution in [0.15, 0.2) is 12.1 Å². The fourth-order valence-electron chi connectivity index (χ4n) is 3.02. The number of hydrogen-bond acceptors (Lipinski definition) is 3. The number of rotatable bonds is 2. The van der Waals surface area contributed by atoms with Crippen LogP contribution in [0.1, 0.15) is 18.5 Å². The second-order valence-corrected chi connectivity index (χ2v) is 5.54. The lowest BCUT2D eigenvalue weighted by molar-refractivity contribution is 0.255. The average molecular weight is 252 g/mol. The Bertz CT molecular complexity index is 421. The van der Waals surface area contributed by atoms with Gasteiger partial charge in [0, 0.05) is 19.1 Å². The fourth-order valence-corrected chi connectivity index (χ4v) is 3.21. The SMILES string of the molecule is Cc1nc(Cl)ccc1NC1CCN2CCC1C2. The summed E-state index contributed by atoms with van der Waals surface area (Å²) in [6, 6.07) is 4.52. The molecule has 3 rings (SSSR count). The molecule has 3 atom stereocenters. The Morgan fingerprint density at radius 3 is 3.00 bits per heavy atom. The minimum Gasteiger partial charge on any atom is -0.380 e. The normalized spacial score (nSPS) is 31.5. The minimum absolute atomic E-state index is 0.573. The Morgan fingerprint density at radius 2 is 2.18 bits per heavy atom. The third-order valence-electron chi connectivity index (χ3n) is 4.03. The van der Waals surface area contributed by atoms with Crippen LogP contribution in [0.4, 0.5) is 5.69 Å². The summed E-state index contributed by atoms with van der Waals surface area (Å²) < 4.78 is 0. The quantitative estimate of drug-likeness (QED) is 0.819. The summed E-state index contributed by atoms with van der Waals surface area (Å²) in [5, 5.41) is 4.23. The number of nitrogens with zero attached hydrogens (tertiary/aromatic N) is 2. The molecule has 17 heavy (non-hydrogen) atoms. The van der Waals surface area contributed by atoms with Crippen molar-refractivity contribution in [2.45, 2.75) is 25.8 Å². The first kappa shape index (κ1) is 11.3. The van der Waals surface area contributed by atoms with Gasteiger partial charge in [-0.15, -0.1) is 0 Å². The number of piperidine rings is 1. The minimum atomic E-state index is 0.573. The molecule has 2 fully saturated rings. The topological polar surface area (TPSA) is 28.2 Å². The van der Waals surface area contributed by atoms with Crippen LogP contribution in [0.2, 0.25) is 5.15 Å². The Balaban J connectivity index is 1.73. The molecule has 2 saturated heterocycles. The predicted molar refractivity (Wildman–Crippen MR) is 70.6 cm³/mol. The van der Waals surface area contributed by atoms with E-state index in [4.69, 9.17) is 11.6 Å². The van der Waals surface area contributed by atoms with E-state index in [-0.39, 0.29) is 0 Å². The van der Waals surface area contributed by atoms with Gasteiger partial charge >= 0.3 is 0 Å². The molecule has 3 heterocycles. The molecule has 2 bridgehead atoms. The van der Waals surface area contributed by atoms with Crippen LogP contribution in [0.25, 0.3) is 0 Å². The van der Waals surface area contributed by atoms with Crippen LogP contribution in [0.5, 0.6) is 0 Å². The van der Waals surface area contributed by atoms with Crippen molar-refractivity contribution in [2.75, 3.05) is 25.0 Å². The molecule has 0 spiro atoms. The summed E-state index contributed by atoms with van der Waals surface area (Å²) in [7, 11) is 0. The van der Waals surface area contributed by atoms with Crippen molar-refractivity contribution < 1.29 is 0 Å². The number of nitrogens with one attached hydrogen (secondary N) is 1. The van der Waals surface area contributed by atoms with E-state index in [1.54, 1.807) is 0 Å². The zero-order chi connectivity index (χ0) is 11.8. The summed E-state index contributed by atoms with van der Waals surface area (Å²) in [6.07, 6.45) is 2.57. The van der Waals surface area contributed by atoms with Gasteiger partial charge in [-0.05, 0) is 44.4 Å². The standard InChI is InChI=1S/C13H18ClN3/c1-9-11(2-3-13(14)15-9)16-12-5-7-17-6-4-10(12)8-17/h2-3,10,12,16H,4-8H2,1H3. The number of aromatic nitrogens is 1. The van der Waals surface area contributed by atoms with Gasteiger partial charge in [-0.25, -0.2) is 4.98 Å². The molecule has 1 aromatic heterocycles. The van der Waals surface area contributed by atoms with Crippen LogP contribution in [0, 0.1) is 12.8 Å². The van der Waals surface area contributed by atoms with Crippen molar-refractivity contribution in [2.24, 2.45) is 5.92 Å². The molecule has 0 aromatic carbocycles. The van der Waals surface area contributed by atoms with Gasteiger partial charge in [-0.1, -0.05) is 11.6 Å². The van der Waals surface area contributed by atoms with Crippen LogP contribution in [0.3, 0.4) is 0 Å². The van der Waals surface area contributed by atoms with E-state index in [1.165, 1.54) is 32.5 Å². The molecule has 3 nitrogen and oxygen atoms in total. The summed E-state index contributed by atoms with van der Waals surface area (Å²) in [5.41, 5.74) is 2.14. The molecule has 2 aliphatic rings. The van der Waals surface area contributed by atoms with Crippen LogP contribution >= 0.6 is 11.6 Å². The second-order valence-electron chi connectivity index (χ2n) is 5.16. The number of fused-ring (bicyclic) bond motifs is 2. The van der Waals surface area contributed by atoms with E-state index >= 15 is 0 Å². The zero-order valence-corrected chi connectivity index (χ0v) is 10.9. The molecule has 0 saturated carbocycles. The highest BCUT2D eigenvalue weighted by Crippen LogP contribution is 2.30. The van der Waals surface area contributed by atoms with E-state index in [0.717, 1.165) is 17.3 Å². The molecule has 4 heteroatoms. The van der Waals surface area contributed by atoms with E-state index in [9.17, 15) is 0 Å². The predicted octanol–water partition coefficient (Wildman–Crippen LogP) is 2.55. The van der Waals surface area contributed by atoms with Crippen molar-refractivity contribution in [3.05, 3.63) is 23.0 Å². The smallest absolute Gasteiger partial charge is 0.129 e. The van der Waals surface area contributed by atoms with E-state index in [0.29, 0.717) is 11.2 Å². The van der Waals surface area contributed by atoms with Gasteiger partial charge in [-0.2, -0.15) is 0 Å². The number of aryl methyl sites for hydroxylation is 1. The summed E-state index contributed by atoms with van der Waals surface area (Å²) in [6.45, 7) is 5.78. The molecular weight excluding hydrogens is 234 g/mol. The first-order valence-corrected chi connectivity index (χ1v) is 6.72. The van der Waals surface area contributed by atoms with Crippen molar-refractivity contribution >= 4 is 17.3 Å². The molecular formula is C13H18ClN3. The van der Waals surface area contributed by atoms with Gasteiger partial charge in [0.15, 0.2) is 0 Å². The first-order valence-electron chi connectivity index (χ1n) is 6.34. The second kappa shape index (κ2) is 4.46. The van der Waals surface area contributed by atoms with Crippen LogP contribution in [-0.4, -0.2) is 35.6 Å². The van der Waals surface area contributed by atoms with Gasteiger partial charge in [-0.3, -0.25) is 0 Å². The maximum absolute atomic E-state index is 5.88. The summed E-state index contributed by atoms with van der Waals surface area (Å²) in [4.78, 5) is 6.86. The Labute approximate surface area is 107 Å². The molecule has 0 radical (unpaired) electrons. The molecule has 1 N–H and O–H groups in total. The van der Waals surface area contributed by atoms with Crippen LogP contribution < -0.4 is 5.32 Å².